The third-order valence-corrected chi connectivity index (χ3v) is 1.37. The number of hydrogen-bond donors (Lipinski definition) is 0. The molecule has 0 aliphatic carbocycles. The maximum Gasteiger partial charge on any atom is 2.00 e. The quantitative estimate of drug-likeness (QED) is 0.509. The third kappa shape index (κ3) is 19.8. The second-order valence-corrected chi connectivity index (χ2v) is 6.18. The van der Waals surface area contributed by atoms with Gasteiger partial charge in [-0.3, -0.25) is 0 Å². The van der Waals surface area contributed by atoms with Gasteiger partial charge in [-0.05, 0) is 11.8 Å². The fraction of sp³-hybridized carbons (Fsp3) is 0.750. The molecule has 0 aromatic heterocycles. The van der Waals surface area contributed by atoms with Crippen LogP contribution >= 0.6 is 34.8 Å². The van der Waals surface area contributed by atoms with E-state index < -0.39 is 15.7 Å². The summed E-state index contributed by atoms with van der Waals surface area (Å²) < 4.78 is -2.28. The Kier molecular flexibility index (Phi) is 11.3. The van der Waals surface area contributed by atoms with E-state index in [4.69, 9.17) is 34.8 Å². The maximum atomic E-state index is 9.90. The molecule has 0 saturated heterocycles. The molecule has 0 radical (unpaired) electrons. The Hall–Kier alpha value is 0.304. The fourth-order valence-electron chi connectivity index (χ4n) is 0.433. The number of alkyl halides is 3. The van der Waals surface area contributed by atoms with E-state index >= 15 is 0 Å². The second-order valence-electron chi connectivity index (χ2n) is 3.89. The normalized spacial score (nSPS) is 10.6. The molecule has 0 atom stereocenters. The van der Waals surface area contributed by atoms with Crippen LogP contribution in [0.5, 0.6) is 0 Å². The summed E-state index contributed by atoms with van der Waals surface area (Å²) in [4.78, 5) is 19.4. The van der Waals surface area contributed by atoms with Gasteiger partial charge in [0.2, 0.25) is 3.79 Å². The van der Waals surface area contributed by atoms with Crippen molar-refractivity contribution in [2.45, 2.75) is 31.0 Å². The Labute approximate surface area is 119 Å². The van der Waals surface area contributed by atoms with Crippen LogP contribution in [0.2, 0.25) is 0 Å². The fourth-order valence-corrected chi connectivity index (χ4v) is 0.433. The van der Waals surface area contributed by atoms with Crippen LogP contribution in [0.25, 0.3) is 0 Å². The van der Waals surface area contributed by atoms with Gasteiger partial charge in [0.05, 0.1) is 5.97 Å². The maximum absolute atomic E-state index is 9.90. The van der Waals surface area contributed by atoms with Crippen LogP contribution in [-0.2, 0) is 26.1 Å². The van der Waals surface area contributed by atoms with E-state index in [2.05, 4.69) is 0 Å². The van der Waals surface area contributed by atoms with Crippen molar-refractivity contribution in [1.29, 1.82) is 0 Å². The minimum atomic E-state index is -2.28. The first-order valence-corrected chi connectivity index (χ1v) is 4.97. The zero-order chi connectivity index (χ0) is 12.9. The summed E-state index contributed by atoms with van der Waals surface area (Å²) >= 11 is 14.2. The molecular weight excluding hydrogens is 325 g/mol. The molecule has 0 fully saturated rings. The van der Waals surface area contributed by atoms with E-state index in [1.54, 1.807) is 0 Å². The standard InChI is InChI=1S/C6H12O2.C2HCl3O2.Ni/c1-6(2,3)4-5(7)8;3-2(4,5)1(6)7;/h4H2,1-3H3,(H,7,8);(H,6,7);/q;;+2/p-2. The Morgan fingerprint density at radius 1 is 1.06 bits per heavy atom. The van der Waals surface area contributed by atoms with Gasteiger partial charge in [0.25, 0.3) is 0 Å². The van der Waals surface area contributed by atoms with Crippen LogP contribution in [-0.4, -0.2) is 15.7 Å². The number of halogens is 3. The van der Waals surface area contributed by atoms with Crippen LogP contribution in [0.15, 0.2) is 0 Å². The van der Waals surface area contributed by atoms with Gasteiger partial charge < -0.3 is 19.8 Å². The molecule has 98 valence electrons. The Morgan fingerprint density at radius 3 is 1.31 bits per heavy atom. The molecule has 0 aliphatic rings. The molecule has 0 unspecified atom stereocenters. The van der Waals surface area contributed by atoms with E-state index in [1.807, 2.05) is 20.8 Å². The predicted octanol–water partition coefficient (Wildman–Crippen LogP) is 0.276. The van der Waals surface area contributed by atoms with Crippen LogP contribution in [0.1, 0.15) is 27.2 Å². The van der Waals surface area contributed by atoms with E-state index in [9.17, 15) is 19.8 Å². The molecule has 4 nitrogen and oxygen atoms in total. The van der Waals surface area contributed by atoms with Gasteiger partial charge in [-0.1, -0.05) is 55.6 Å². The molecule has 0 saturated carbocycles. The van der Waals surface area contributed by atoms with E-state index in [-0.39, 0.29) is 28.3 Å². The molecule has 16 heavy (non-hydrogen) atoms. The van der Waals surface area contributed by atoms with Crippen molar-refractivity contribution in [3.8, 4) is 0 Å². The van der Waals surface area contributed by atoms with E-state index in [0.717, 1.165) is 0 Å². The summed E-state index contributed by atoms with van der Waals surface area (Å²) in [5.74, 6) is -2.69. The molecule has 0 spiro atoms. The van der Waals surface area contributed by atoms with Crippen molar-refractivity contribution in [3.63, 3.8) is 0 Å². The SMILES string of the molecule is CC(C)(C)CC(=O)[O-].O=C([O-])C(Cl)(Cl)Cl.[Ni+2]. The minimum absolute atomic E-state index is 0. The van der Waals surface area contributed by atoms with Gasteiger partial charge >= 0.3 is 16.5 Å². The molecule has 0 N–H and O–H groups in total. The van der Waals surface area contributed by atoms with E-state index in [1.165, 1.54) is 0 Å². The third-order valence-electron chi connectivity index (χ3n) is 0.906. The molecule has 0 amide bonds. The topological polar surface area (TPSA) is 80.3 Å². The van der Waals surface area contributed by atoms with Gasteiger partial charge in [0.15, 0.2) is 0 Å². The number of hydrogen-bond acceptors (Lipinski definition) is 4. The van der Waals surface area contributed by atoms with Gasteiger partial charge in [0, 0.05) is 5.97 Å². The summed E-state index contributed by atoms with van der Waals surface area (Å²) in [5.41, 5.74) is -0.140. The molecule has 0 rings (SSSR count). The van der Waals surface area contributed by atoms with Crippen LogP contribution < -0.4 is 10.2 Å². The number of carbonyl (C=O) groups excluding carboxylic acids is 2. The van der Waals surface area contributed by atoms with Gasteiger partial charge in [-0.2, -0.15) is 0 Å². The molecule has 0 heterocycles. The zero-order valence-corrected chi connectivity index (χ0v) is 12.0. The summed E-state index contributed by atoms with van der Waals surface area (Å²) in [7, 11) is 0. The first-order chi connectivity index (χ1) is 6.36. The summed E-state index contributed by atoms with van der Waals surface area (Å²) in [6, 6.07) is 0. The first kappa shape index (κ1) is 21.6. The van der Waals surface area contributed by atoms with E-state index in [0.29, 0.717) is 0 Å². The van der Waals surface area contributed by atoms with Crippen LogP contribution in [0.3, 0.4) is 0 Å². The molecule has 0 aromatic rings. The number of carboxylic acid groups (broad SMARTS) is 2. The van der Waals surface area contributed by atoms with Gasteiger partial charge in [0.1, 0.15) is 0 Å². The van der Waals surface area contributed by atoms with Crippen molar-refractivity contribution in [1.82, 2.24) is 0 Å². The largest absolute Gasteiger partial charge is 2.00 e. The summed E-state index contributed by atoms with van der Waals surface area (Å²) in [6.07, 6.45) is 0.132. The number of aliphatic carboxylic acids is 2. The average molecular weight is 336 g/mol. The Balaban J connectivity index is -0.000000200. The molecule has 0 bridgehead atoms. The molecule has 0 aromatic carbocycles. The Morgan fingerprint density at radius 2 is 1.31 bits per heavy atom. The smallest absolute Gasteiger partial charge is 0.550 e. The molecule has 8 heteroatoms. The van der Waals surface area contributed by atoms with Crippen molar-refractivity contribution in [3.05, 3.63) is 0 Å². The van der Waals surface area contributed by atoms with Crippen molar-refractivity contribution in [2.24, 2.45) is 5.41 Å². The van der Waals surface area contributed by atoms with Crippen LogP contribution in [0.4, 0.5) is 0 Å². The first-order valence-electron chi connectivity index (χ1n) is 3.84. The average Bonchev–Trinajstić information content (AvgIpc) is 1.78. The summed E-state index contributed by atoms with van der Waals surface area (Å²) in [5, 5.41) is 19.4. The number of carboxylic acids is 2. The Bertz CT molecular complexity index is 232. The number of rotatable bonds is 1. The summed E-state index contributed by atoms with van der Waals surface area (Å²) in [6.45, 7) is 5.59. The van der Waals surface area contributed by atoms with Crippen molar-refractivity contribution >= 4 is 46.7 Å². The van der Waals surface area contributed by atoms with Crippen LogP contribution in [0, 0.1) is 5.41 Å². The molecular formula is C8H11Cl3NiO4. The number of carbonyl (C=O) groups is 2. The molecule has 0 aliphatic heterocycles. The minimum Gasteiger partial charge on any atom is -0.550 e. The van der Waals surface area contributed by atoms with Gasteiger partial charge in [-0.15, -0.1) is 0 Å². The second kappa shape index (κ2) is 8.40. The van der Waals surface area contributed by atoms with Gasteiger partial charge in [-0.25, -0.2) is 0 Å². The monoisotopic (exact) mass is 334 g/mol. The zero-order valence-electron chi connectivity index (χ0n) is 8.79. The van der Waals surface area contributed by atoms with Crippen molar-refractivity contribution < 1.29 is 36.3 Å². The predicted molar refractivity (Wildman–Crippen MR) is 54.4 cm³/mol. The van der Waals surface area contributed by atoms with Crippen molar-refractivity contribution in [2.75, 3.05) is 0 Å².